The maximum absolute atomic E-state index is 12.3. The summed E-state index contributed by atoms with van der Waals surface area (Å²) in [7, 11) is 1.52. The summed E-state index contributed by atoms with van der Waals surface area (Å²) < 4.78 is 15.6. The Labute approximate surface area is 131 Å². The van der Waals surface area contributed by atoms with Gasteiger partial charge in [0.2, 0.25) is 0 Å². The van der Waals surface area contributed by atoms with E-state index in [2.05, 4.69) is 5.32 Å². The van der Waals surface area contributed by atoms with Gasteiger partial charge >= 0.3 is 6.09 Å². The lowest BCUT2D eigenvalue weighted by Gasteiger charge is -2.23. The molecule has 0 radical (unpaired) electrons. The molecule has 0 bridgehead atoms. The van der Waals surface area contributed by atoms with E-state index >= 15 is 0 Å². The van der Waals surface area contributed by atoms with Crippen LogP contribution in [0.3, 0.4) is 0 Å². The number of nitrogens with one attached hydrogen (secondary N) is 1. The fraction of sp³-hybridized carbons (Fsp3) is 0.625. The van der Waals surface area contributed by atoms with Gasteiger partial charge in [-0.05, 0) is 40.7 Å². The van der Waals surface area contributed by atoms with E-state index in [1.165, 1.54) is 7.11 Å². The predicted molar refractivity (Wildman–Crippen MR) is 82.2 cm³/mol. The Kier molecular flexibility index (Phi) is 6.17. The SMILES string of the molecule is COCC(CC(=O)c1cc(C)oc1C)NC(=O)OC(C)(C)C. The molecule has 0 fully saturated rings. The molecule has 1 rings (SSSR count). The topological polar surface area (TPSA) is 77.8 Å². The summed E-state index contributed by atoms with van der Waals surface area (Å²) in [5.74, 6) is 1.16. The summed E-state index contributed by atoms with van der Waals surface area (Å²) >= 11 is 0. The number of aryl methyl sites for hydroxylation is 2. The fourth-order valence-electron chi connectivity index (χ4n) is 2.07. The minimum absolute atomic E-state index is 0.104. The van der Waals surface area contributed by atoms with Gasteiger partial charge in [0.05, 0.1) is 18.2 Å². The number of alkyl carbamates (subject to hydrolysis) is 1. The molecule has 1 aromatic heterocycles. The van der Waals surface area contributed by atoms with Crippen molar-refractivity contribution in [1.82, 2.24) is 5.32 Å². The molecule has 0 spiro atoms. The zero-order chi connectivity index (χ0) is 16.9. The van der Waals surface area contributed by atoms with Gasteiger partial charge in [-0.15, -0.1) is 0 Å². The molecule has 6 nitrogen and oxygen atoms in total. The number of Topliss-reactive ketones (excluding diaryl/α,β-unsaturated/α-hetero) is 1. The molecule has 0 saturated carbocycles. The van der Waals surface area contributed by atoms with Gasteiger partial charge < -0.3 is 19.2 Å². The molecule has 0 saturated heterocycles. The fourth-order valence-corrected chi connectivity index (χ4v) is 2.07. The Balaban J connectivity index is 2.69. The van der Waals surface area contributed by atoms with E-state index in [-0.39, 0.29) is 18.8 Å². The molecule has 1 unspecified atom stereocenters. The molecule has 0 aromatic carbocycles. The van der Waals surface area contributed by atoms with E-state index in [9.17, 15) is 9.59 Å². The summed E-state index contributed by atoms with van der Waals surface area (Å²) in [6, 6.07) is 1.25. The first-order chi connectivity index (χ1) is 10.1. The first-order valence-electron chi connectivity index (χ1n) is 7.21. The highest BCUT2D eigenvalue weighted by atomic mass is 16.6. The summed E-state index contributed by atoms with van der Waals surface area (Å²) in [6.07, 6.45) is -0.449. The molecule has 1 atom stereocenters. The number of hydrogen-bond donors (Lipinski definition) is 1. The summed E-state index contributed by atoms with van der Waals surface area (Å²) in [5, 5.41) is 2.66. The zero-order valence-electron chi connectivity index (χ0n) is 14.1. The lowest BCUT2D eigenvalue weighted by molar-refractivity contribution is 0.0464. The molecular formula is C16H25NO5. The zero-order valence-corrected chi connectivity index (χ0v) is 14.1. The van der Waals surface area contributed by atoms with Gasteiger partial charge in [-0.2, -0.15) is 0 Å². The van der Waals surface area contributed by atoms with Crippen LogP contribution in [0.25, 0.3) is 0 Å². The first kappa shape index (κ1) is 18.2. The number of ether oxygens (including phenoxy) is 2. The third-order valence-electron chi connectivity index (χ3n) is 2.86. The maximum atomic E-state index is 12.3. The molecule has 1 heterocycles. The number of methoxy groups -OCH3 is 1. The molecule has 6 heteroatoms. The Hall–Kier alpha value is -1.82. The average molecular weight is 311 g/mol. The van der Waals surface area contributed by atoms with E-state index in [4.69, 9.17) is 13.9 Å². The largest absolute Gasteiger partial charge is 0.466 e. The van der Waals surface area contributed by atoms with Crippen LogP contribution in [0.15, 0.2) is 10.5 Å². The van der Waals surface area contributed by atoms with Crippen molar-refractivity contribution in [2.75, 3.05) is 13.7 Å². The van der Waals surface area contributed by atoms with Crippen molar-refractivity contribution in [3.8, 4) is 0 Å². The van der Waals surface area contributed by atoms with Crippen LogP contribution in [-0.2, 0) is 9.47 Å². The second-order valence-electron chi connectivity index (χ2n) is 6.25. The highest BCUT2D eigenvalue weighted by molar-refractivity contribution is 5.97. The van der Waals surface area contributed by atoms with Crippen LogP contribution >= 0.6 is 0 Å². The normalized spacial score (nSPS) is 12.8. The number of carbonyl (C=O) groups is 2. The number of ketones is 1. The van der Waals surface area contributed by atoms with Crippen LogP contribution in [0.5, 0.6) is 0 Å². The van der Waals surface area contributed by atoms with E-state index in [0.29, 0.717) is 17.1 Å². The van der Waals surface area contributed by atoms with Crippen LogP contribution in [0.2, 0.25) is 0 Å². The monoisotopic (exact) mass is 311 g/mol. The number of rotatable bonds is 6. The lowest BCUT2D eigenvalue weighted by atomic mass is 10.0. The molecule has 1 N–H and O–H groups in total. The Morgan fingerprint density at radius 2 is 1.95 bits per heavy atom. The lowest BCUT2D eigenvalue weighted by Crippen LogP contribution is -2.42. The predicted octanol–water partition coefficient (Wildman–Crippen LogP) is 3.01. The van der Waals surface area contributed by atoms with Gasteiger partial charge in [0.15, 0.2) is 5.78 Å². The quantitative estimate of drug-likeness (QED) is 0.817. The first-order valence-corrected chi connectivity index (χ1v) is 7.21. The van der Waals surface area contributed by atoms with E-state index in [1.54, 1.807) is 40.7 Å². The minimum Gasteiger partial charge on any atom is -0.466 e. The summed E-state index contributed by atoms with van der Waals surface area (Å²) in [5.41, 5.74) is -0.0613. The highest BCUT2D eigenvalue weighted by Crippen LogP contribution is 2.17. The third kappa shape index (κ3) is 5.89. The van der Waals surface area contributed by atoms with Gasteiger partial charge in [-0.3, -0.25) is 4.79 Å². The molecule has 124 valence electrons. The van der Waals surface area contributed by atoms with Gasteiger partial charge in [0, 0.05) is 13.5 Å². The number of carbonyl (C=O) groups excluding carboxylic acids is 2. The van der Waals surface area contributed by atoms with Crippen LogP contribution in [-0.4, -0.2) is 37.2 Å². The van der Waals surface area contributed by atoms with Gasteiger partial charge in [0.25, 0.3) is 0 Å². The van der Waals surface area contributed by atoms with E-state index in [0.717, 1.165) is 0 Å². The molecular weight excluding hydrogens is 286 g/mol. The van der Waals surface area contributed by atoms with Crippen LogP contribution in [0.1, 0.15) is 49.1 Å². The number of hydrogen-bond acceptors (Lipinski definition) is 5. The van der Waals surface area contributed by atoms with Crippen LogP contribution in [0, 0.1) is 13.8 Å². The van der Waals surface area contributed by atoms with Gasteiger partial charge in [-0.25, -0.2) is 4.79 Å². The van der Waals surface area contributed by atoms with E-state index in [1.807, 2.05) is 0 Å². The van der Waals surface area contributed by atoms with Crippen molar-refractivity contribution in [3.05, 3.63) is 23.2 Å². The van der Waals surface area contributed by atoms with Crippen molar-refractivity contribution >= 4 is 11.9 Å². The number of furan rings is 1. The minimum atomic E-state index is -0.593. The van der Waals surface area contributed by atoms with Crippen LogP contribution in [0.4, 0.5) is 4.79 Å². The van der Waals surface area contributed by atoms with Crippen molar-refractivity contribution in [2.45, 2.75) is 52.7 Å². The molecule has 1 amide bonds. The van der Waals surface area contributed by atoms with Crippen molar-refractivity contribution in [2.24, 2.45) is 0 Å². The van der Waals surface area contributed by atoms with Crippen molar-refractivity contribution in [1.29, 1.82) is 0 Å². The Morgan fingerprint density at radius 3 is 2.41 bits per heavy atom. The molecule has 0 aliphatic carbocycles. The Bertz CT molecular complexity index is 527. The van der Waals surface area contributed by atoms with Crippen molar-refractivity contribution in [3.63, 3.8) is 0 Å². The van der Waals surface area contributed by atoms with Gasteiger partial charge in [-0.1, -0.05) is 0 Å². The summed E-state index contributed by atoms with van der Waals surface area (Å²) in [6.45, 7) is 9.09. The summed E-state index contributed by atoms with van der Waals surface area (Å²) in [4.78, 5) is 24.1. The smallest absolute Gasteiger partial charge is 0.407 e. The van der Waals surface area contributed by atoms with Crippen LogP contribution < -0.4 is 5.32 Å². The number of amides is 1. The second-order valence-corrected chi connectivity index (χ2v) is 6.25. The standard InChI is InChI=1S/C16H25NO5/c1-10-7-13(11(2)21-10)14(18)8-12(9-20-6)17-15(19)22-16(3,4)5/h7,12H,8-9H2,1-6H3,(H,17,19). The molecule has 22 heavy (non-hydrogen) atoms. The van der Waals surface area contributed by atoms with Crippen molar-refractivity contribution < 1.29 is 23.5 Å². The molecule has 1 aromatic rings. The van der Waals surface area contributed by atoms with E-state index < -0.39 is 17.7 Å². The molecule has 0 aliphatic heterocycles. The second kappa shape index (κ2) is 7.45. The maximum Gasteiger partial charge on any atom is 0.407 e. The highest BCUT2D eigenvalue weighted by Gasteiger charge is 2.23. The Morgan fingerprint density at radius 1 is 1.32 bits per heavy atom. The average Bonchev–Trinajstić information content (AvgIpc) is 2.66. The molecule has 0 aliphatic rings. The third-order valence-corrected chi connectivity index (χ3v) is 2.86. The van der Waals surface area contributed by atoms with Gasteiger partial charge in [0.1, 0.15) is 17.1 Å².